The third-order valence-electron chi connectivity index (χ3n) is 4.74. The molecule has 0 aliphatic heterocycles. The van der Waals surface area contributed by atoms with Crippen LogP contribution < -0.4 is 15.4 Å². The van der Waals surface area contributed by atoms with Crippen molar-refractivity contribution >= 4 is 23.2 Å². The van der Waals surface area contributed by atoms with Gasteiger partial charge in [-0.2, -0.15) is 0 Å². The van der Waals surface area contributed by atoms with E-state index in [1.54, 1.807) is 24.3 Å². The molecular formula is C24H32N2O3. The highest BCUT2D eigenvalue weighted by Gasteiger charge is 2.17. The van der Waals surface area contributed by atoms with Gasteiger partial charge in [-0.3, -0.25) is 9.59 Å². The van der Waals surface area contributed by atoms with E-state index in [1.807, 2.05) is 31.2 Å². The van der Waals surface area contributed by atoms with E-state index in [0.29, 0.717) is 23.7 Å². The Balaban J connectivity index is 1.87. The lowest BCUT2D eigenvalue weighted by Crippen LogP contribution is -2.29. The molecule has 0 atom stereocenters. The molecular weight excluding hydrogens is 364 g/mol. The maximum Gasteiger partial charge on any atom is 0.314 e. The Morgan fingerprint density at radius 2 is 1.34 bits per heavy atom. The minimum atomic E-state index is -0.716. The van der Waals surface area contributed by atoms with Gasteiger partial charge in [0.2, 0.25) is 0 Å². The summed E-state index contributed by atoms with van der Waals surface area (Å²) in [5.74, 6) is -0.834. The van der Waals surface area contributed by atoms with Crippen molar-refractivity contribution in [3.05, 3.63) is 54.1 Å². The normalized spacial score (nSPS) is 10.4. The van der Waals surface area contributed by atoms with E-state index < -0.39 is 11.8 Å². The zero-order valence-corrected chi connectivity index (χ0v) is 17.5. The highest BCUT2D eigenvalue weighted by atomic mass is 16.5. The van der Waals surface area contributed by atoms with Gasteiger partial charge in [0.25, 0.3) is 0 Å². The minimum Gasteiger partial charge on any atom is -0.491 e. The van der Waals surface area contributed by atoms with Gasteiger partial charge in [-0.05, 0) is 36.6 Å². The van der Waals surface area contributed by atoms with E-state index in [2.05, 4.69) is 17.6 Å². The summed E-state index contributed by atoms with van der Waals surface area (Å²) < 4.78 is 5.83. The predicted octanol–water partition coefficient (Wildman–Crippen LogP) is 5.57. The molecule has 2 rings (SSSR count). The van der Waals surface area contributed by atoms with Crippen LogP contribution >= 0.6 is 0 Å². The summed E-state index contributed by atoms with van der Waals surface area (Å²) in [6.45, 7) is 4.80. The van der Waals surface area contributed by atoms with Crippen LogP contribution in [0.5, 0.6) is 5.75 Å². The first-order valence-corrected chi connectivity index (χ1v) is 10.6. The number of rotatable bonds is 11. The number of amides is 2. The summed E-state index contributed by atoms with van der Waals surface area (Å²) in [5, 5.41) is 5.35. The number of unbranched alkanes of at least 4 members (excludes halogenated alkanes) is 5. The summed E-state index contributed by atoms with van der Waals surface area (Å²) in [4.78, 5) is 24.7. The van der Waals surface area contributed by atoms with Gasteiger partial charge in [0.15, 0.2) is 0 Å². The largest absolute Gasteiger partial charge is 0.491 e. The first kappa shape index (κ1) is 22.5. The SMILES string of the molecule is CCCCCCCCOc1ccccc1NC(=O)C(=O)Nc1ccccc1CC. The lowest BCUT2D eigenvalue weighted by atomic mass is 10.1. The van der Waals surface area contributed by atoms with E-state index >= 15 is 0 Å². The molecule has 2 aromatic carbocycles. The Kier molecular flexibility index (Phi) is 9.76. The number of nitrogens with one attached hydrogen (secondary N) is 2. The summed E-state index contributed by atoms with van der Waals surface area (Å²) in [6.07, 6.45) is 7.87. The molecule has 0 aliphatic rings. The fourth-order valence-electron chi connectivity index (χ4n) is 3.07. The molecule has 0 heterocycles. The number of benzene rings is 2. The zero-order chi connectivity index (χ0) is 20.9. The second-order valence-electron chi connectivity index (χ2n) is 7.03. The van der Waals surface area contributed by atoms with E-state index in [4.69, 9.17) is 4.74 Å². The average Bonchev–Trinajstić information content (AvgIpc) is 2.74. The highest BCUT2D eigenvalue weighted by Crippen LogP contribution is 2.24. The third kappa shape index (κ3) is 7.60. The number of carbonyl (C=O) groups is 2. The van der Waals surface area contributed by atoms with Crippen molar-refractivity contribution in [3.63, 3.8) is 0 Å². The smallest absolute Gasteiger partial charge is 0.314 e. The maximum atomic E-state index is 12.4. The number of hydrogen-bond donors (Lipinski definition) is 2. The van der Waals surface area contributed by atoms with Crippen LogP contribution in [0.4, 0.5) is 11.4 Å². The number of carbonyl (C=O) groups excluding carboxylic acids is 2. The molecule has 0 saturated heterocycles. The van der Waals surface area contributed by atoms with E-state index in [0.717, 1.165) is 24.8 Å². The first-order valence-electron chi connectivity index (χ1n) is 10.6. The molecule has 2 N–H and O–H groups in total. The molecule has 29 heavy (non-hydrogen) atoms. The standard InChI is InChI=1S/C24H32N2O3/c1-3-5-6-7-8-13-18-29-22-17-12-11-16-21(22)26-24(28)23(27)25-20-15-10-9-14-19(20)4-2/h9-12,14-17H,3-8,13,18H2,1-2H3,(H,25,27)(H,26,28). The van der Waals surface area contributed by atoms with Gasteiger partial charge in [0.05, 0.1) is 12.3 Å². The van der Waals surface area contributed by atoms with E-state index in [1.165, 1.54) is 25.7 Å². The lowest BCUT2D eigenvalue weighted by molar-refractivity contribution is -0.133. The molecule has 0 aromatic heterocycles. The van der Waals surface area contributed by atoms with Crippen LogP contribution in [-0.4, -0.2) is 18.4 Å². The van der Waals surface area contributed by atoms with E-state index in [9.17, 15) is 9.59 Å². The van der Waals surface area contributed by atoms with Crippen molar-refractivity contribution in [2.45, 2.75) is 58.8 Å². The number of para-hydroxylation sites is 3. The van der Waals surface area contributed by atoms with Gasteiger partial charge in [-0.25, -0.2) is 0 Å². The van der Waals surface area contributed by atoms with E-state index in [-0.39, 0.29) is 0 Å². The van der Waals surface area contributed by atoms with Crippen molar-refractivity contribution < 1.29 is 14.3 Å². The van der Waals surface area contributed by atoms with Crippen molar-refractivity contribution in [2.75, 3.05) is 17.2 Å². The Bertz CT molecular complexity index is 789. The topological polar surface area (TPSA) is 67.4 Å². The molecule has 0 aliphatic carbocycles. The number of aryl methyl sites for hydroxylation is 1. The molecule has 5 heteroatoms. The fraction of sp³-hybridized carbons (Fsp3) is 0.417. The Labute approximate surface area is 173 Å². The molecule has 0 spiro atoms. The Morgan fingerprint density at radius 3 is 2.07 bits per heavy atom. The lowest BCUT2D eigenvalue weighted by Gasteiger charge is -2.13. The summed E-state index contributed by atoms with van der Waals surface area (Å²) in [7, 11) is 0. The van der Waals surface area contributed by atoms with Crippen LogP contribution in [0.1, 0.15) is 57.9 Å². The summed E-state index contributed by atoms with van der Waals surface area (Å²) in [5.41, 5.74) is 2.14. The monoisotopic (exact) mass is 396 g/mol. The Hall–Kier alpha value is -2.82. The molecule has 156 valence electrons. The predicted molar refractivity (Wildman–Crippen MR) is 118 cm³/mol. The minimum absolute atomic E-state index is 0.502. The number of anilines is 2. The number of hydrogen-bond acceptors (Lipinski definition) is 3. The molecule has 0 bridgehead atoms. The van der Waals surface area contributed by atoms with Gasteiger partial charge in [0, 0.05) is 5.69 Å². The summed E-state index contributed by atoms with van der Waals surface area (Å²) >= 11 is 0. The van der Waals surface area contributed by atoms with Crippen LogP contribution in [0.2, 0.25) is 0 Å². The van der Waals surface area contributed by atoms with Gasteiger partial charge < -0.3 is 15.4 Å². The van der Waals surface area contributed by atoms with Gasteiger partial charge in [-0.15, -0.1) is 0 Å². The van der Waals surface area contributed by atoms with Crippen molar-refractivity contribution in [1.82, 2.24) is 0 Å². The molecule has 0 radical (unpaired) electrons. The van der Waals surface area contributed by atoms with Gasteiger partial charge >= 0.3 is 11.8 Å². The molecule has 0 unspecified atom stereocenters. The number of ether oxygens (including phenoxy) is 1. The quantitative estimate of drug-likeness (QED) is 0.386. The fourth-order valence-corrected chi connectivity index (χ4v) is 3.07. The Morgan fingerprint density at radius 1 is 0.759 bits per heavy atom. The second kappa shape index (κ2) is 12.6. The average molecular weight is 397 g/mol. The van der Waals surface area contributed by atoms with Crippen LogP contribution in [-0.2, 0) is 16.0 Å². The van der Waals surface area contributed by atoms with Crippen LogP contribution in [0.15, 0.2) is 48.5 Å². The van der Waals surface area contributed by atoms with Crippen molar-refractivity contribution in [1.29, 1.82) is 0 Å². The molecule has 0 fully saturated rings. The molecule has 2 aromatic rings. The zero-order valence-electron chi connectivity index (χ0n) is 17.5. The van der Waals surface area contributed by atoms with Gasteiger partial charge in [0.1, 0.15) is 5.75 Å². The molecule has 5 nitrogen and oxygen atoms in total. The van der Waals surface area contributed by atoms with Crippen LogP contribution in [0.3, 0.4) is 0 Å². The van der Waals surface area contributed by atoms with Gasteiger partial charge in [-0.1, -0.05) is 76.3 Å². The van der Waals surface area contributed by atoms with Crippen molar-refractivity contribution in [2.24, 2.45) is 0 Å². The molecule has 0 saturated carbocycles. The second-order valence-corrected chi connectivity index (χ2v) is 7.03. The van der Waals surface area contributed by atoms with Crippen LogP contribution in [0.25, 0.3) is 0 Å². The van der Waals surface area contributed by atoms with Crippen LogP contribution in [0, 0.1) is 0 Å². The highest BCUT2D eigenvalue weighted by molar-refractivity contribution is 6.43. The summed E-state index contributed by atoms with van der Waals surface area (Å²) in [6, 6.07) is 14.7. The molecule has 2 amide bonds. The first-order chi connectivity index (χ1) is 14.2. The third-order valence-corrected chi connectivity index (χ3v) is 4.74. The van der Waals surface area contributed by atoms with Crippen molar-refractivity contribution in [3.8, 4) is 5.75 Å². The maximum absolute atomic E-state index is 12.4.